The summed E-state index contributed by atoms with van der Waals surface area (Å²) in [6, 6.07) is 32.3. The smallest absolute Gasteiger partial charge is 1.00 e. The molecule has 1 aliphatic carbocycles. The van der Waals surface area contributed by atoms with E-state index in [1.54, 1.807) is 0 Å². The molecule has 4 heteroatoms. The Morgan fingerprint density at radius 3 is 1.23 bits per heavy atom. The molecule has 0 spiro atoms. The van der Waals surface area contributed by atoms with Crippen LogP contribution in [-0.4, -0.2) is 0 Å². The third kappa shape index (κ3) is 6.38. The minimum Gasteiger partial charge on any atom is -1.00 e. The second-order valence-corrected chi connectivity index (χ2v) is 11.7. The van der Waals surface area contributed by atoms with Crippen molar-refractivity contribution >= 4 is 5.57 Å². The Hall–Kier alpha value is -2.06. The van der Waals surface area contributed by atoms with E-state index in [1.807, 2.05) is 0 Å². The molecule has 5 rings (SSSR count). The molecule has 0 heterocycles. The van der Waals surface area contributed by atoms with Crippen molar-refractivity contribution in [1.29, 1.82) is 0 Å². The molecule has 0 atom stereocenters. The Balaban J connectivity index is 0.00000187. The van der Waals surface area contributed by atoms with Gasteiger partial charge < -0.3 is 37.2 Å². The Bertz CT molecular complexity index is 1380. The van der Waals surface area contributed by atoms with Gasteiger partial charge in [-0.1, -0.05) is 0 Å². The average molecular weight is 622 g/mol. The molecule has 0 bridgehead atoms. The molecule has 0 nitrogen and oxygen atoms in total. The summed E-state index contributed by atoms with van der Waals surface area (Å²) in [6.07, 6.45) is 3.38. The first-order chi connectivity index (χ1) is 17.7. The summed E-state index contributed by atoms with van der Waals surface area (Å²) in [6.45, 7) is 13.4. The number of aryl methyl sites for hydroxylation is 6. The SMILES string of the molecule is Cc1cc(C)cc(C(C2=[C]([Ti+3])C(c3ccccc3)=CC2)(c2cc(C)cc(C)c2)c2cc(C)cc(C)c2)c1.[Cl-].[Cl-].[Cl-]. The van der Waals surface area contributed by atoms with E-state index < -0.39 is 0 Å². The maximum absolute atomic E-state index is 2.45. The molecule has 0 fully saturated rings. The van der Waals surface area contributed by atoms with Crippen LogP contribution in [0.25, 0.3) is 5.57 Å². The standard InChI is InChI=1S/C36H35.3ClH.Ti/c1-24-14-25(2)18-33(17-24)36(34-19-26(3)15-27(4)20-34,35-21-28(5)16-29(6)22-35)32-13-12-31(23-32)30-10-8-7-9-11-30;;;;/h7-12,14-22H,13H2,1-6H3;3*1H;/q;;;;+3/p-3. The van der Waals surface area contributed by atoms with Crippen LogP contribution >= 0.6 is 0 Å². The maximum Gasteiger partial charge on any atom is -1.00 e. The molecule has 4 aromatic carbocycles. The summed E-state index contributed by atoms with van der Waals surface area (Å²) in [5.41, 5.74) is 15.7. The van der Waals surface area contributed by atoms with Crippen LogP contribution in [0.5, 0.6) is 0 Å². The van der Waals surface area contributed by atoms with E-state index in [0.29, 0.717) is 0 Å². The molecular weight excluding hydrogens is 587 g/mol. The van der Waals surface area contributed by atoms with Crippen LogP contribution < -0.4 is 37.2 Å². The molecule has 0 saturated heterocycles. The largest absolute Gasteiger partial charge is 1.00 e. The van der Waals surface area contributed by atoms with E-state index in [0.717, 1.165) is 6.42 Å². The van der Waals surface area contributed by atoms with Gasteiger partial charge >= 0.3 is 235 Å². The van der Waals surface area contributed by atoms with Gasteiger partial charge in [-0.3, -0.25) is 0 Å². The van der Waals surface area contributed by atoms with Gasteiger partial charge in [-0.05, 0) is 0 Å². The number of benzene rings is 4. The first kappa shape index (κ1) is 34.1. The fourth-order valence-electron chi connectivity index (χ4n) is 6.39. The van der Waals surface area contributed by atoms with Gasteiger partial charge in [0.2, 0.25) is 0 Å². The Morgan fingerprint density at radius 1 is 0.525 bits per heavy atom. The molecule has 0 aliphatic heterocycles. The normalized spacial score (nSPS) is 12.8. The fourth-order valence-corrected chi connectivity index (χ4v) is 7.22. The van der Waals surface area contributed by atoms with Crippen LogP contribution in [0.15, 0.2) is 100 Å². The van der Waals surface area contributed by atoms with Crippen molar-refractivity contribution in [3.05, 3.63) is 156 Å². The van der Waals surface area contributed by atoms with Crippen molar-refractivity contribution in [3.63, 3.8) is 0 Å². The molecule has 0 aromatic heterocycles. The number of halogens is 3. The van der Waals surface area contributed by atoms with Crippen molar-refractivity contribution < 1.29 is 57.7 Å². The first-order valence-corrected chi connectivity index (χ1v) is 13.9. The molecule has 204 valence electrons. The molecule has 0 N–H and O–H groups in total. The average Bonchev–Trinajstić information content (AvgIpc) is 3.20. The van der Waals surface area contributed by atoms with Gasteiger partial charge in [-0.15, -0.1) is 0 Å². The quantitative estimate of drug-likeness (QED) is 0.220. The van der Waals surface area contributed by atoms with Crippen molar-refractivity contribution in [2.75, 3.05) is 0 Å². The molecule has 1 aliphatic rings. The number of hydrogen-bond acceptors (Lipinski definition) is 0. The summed E-state index contributed by atoms with van der Waals surface area (Å²) in [5, 5.41) is 0. The van der Waals surface area contributed by atoms with Gasteiger partial charge in [-0.25, -0.2) is 0 Å². The second kappa shape index (κ2) is 13.7. The molecule has 4 aromatic rings. The van der Waals surface area contributed by atoms with Crippen molar-refractivity contribution in [2.24, 2.45) is 0 Å². The molecule has 0 amide bonds. The van der Waals surface area contributed by atoms with Crippen LogP contribution in [0, 0.1) is 41.5 Å². The molecule has 0 radical (unpaired) electrons. The summed E-state index contributed by atoms with van der Waals surface area (Å²) in [5.74, 6) is 0. The zero-order valence-electron chi connectivity index (χ0n) is 24.0. The number of hydrogen-bond donors (Lipinski definition) is 0. The van der Waals surface area contributed by atoms with Crippen molar-refractivity contribution in [3.8, 4) is 0 Å². The van der Waals surface area contributed by atoms with Crippen LogP contribution in [0.2, 0.25) is 0 Å². The number of rotatable bonds is 5. The molecule has 0 unspecified atom stereocenters. The van der Waals surface area contributed by atoms with E-state index in [9.17, 15) is 0 Å². The van der Waals surface area contributed by atoms with Crippen LogP contribution in [0.1, 0.15) is 62.1 Å². The van der Waals surface area contributed by atoms with E-state index >= 15 is 0 Å². The van der Waals surface area contributed by atoms with E-state index in [4.69, 9.17) is 0 Å². The topological polar surface area (TPSA) is 0 Å². The van der Waals surface area contributed by atoms with Gasteiger partial charge in [0.25, 0.3) is 0 Å². The van der Waals surface area contributed by atoms with Crippen molar-refractivity contribution in [2.45, 2.75) is 53.4 Å². The molecule has 40 heavy (non-hydrogen) atoms. The Labute approximate surface area is 271 Å². The third-order valence-electron chi connectivity index (χ3n) is 7.58. The van der Waals surface area contributed by atoms with Gasteiger partial charge in [0, 0.05) is 0 Å². The van der Waals surface area contributed by atoms with E-state index in [1.165, 1.54) is 70.7 Å². The Kier molecular flexibility index (Phi) is 11.7. The minimum atomic E-state index is -0.387. The van der Waals surface area contributed by atoms with Gasteiger partial charge in [0.15, 0.2) is 0 Å². The monoisotopic (exact) mass is 620 g/mol. The zero-order chi connectivity index (χ0) is 26.3. The second-order valence-electron chi connectivity index (χ2n) is 10.9. The maximum atomic E-state index is 2.45. The molecular formula is C36H35Cl3Ti. The van der Waals surface area contributed by atoms with Crippen LogP contribution in [0.4, 0.5) is 0 Å². The predicted octanol–water partition coefficient (Wildman–Crippen LogP) is 0.172. The van der Waals surface area contributed by atoms with Gasteiger partial charge in [0.1, 0.15) is 0 Å². The third-order valence-corrected chi connectivity index (χ3v) is 8.47. The molecule has 0 saturated carbocycles. The van der Waals surface area contributed by atoms with E-state index in [-0.39, 0.29) is 42.6 Å². The summed E-state index contributed by atoms with van der Waals surface area (Å²) in [4.78, 5) is 0. The summed E-state index contributed by atoms with van der Waals surface area (Å²) < 4.78 is 1.39. The van der Waals surface area contributed by atoms with Gasteiger partial charge in [0.05, 0.1) is 0 Å². The van der Waals surface area contributed by atoms with Crippen molar-refractivity contribution in [1.82, 2.24) is 0 Å². The zero-order valence-corrected chi connectivity index (χ0v) is 27.8. The number of allylic oxidation sites excluding steroid dienone is 4. The predicted molar refractivity (Wildman–Crippen MR) is 154 cm³/mol. The Morgan fingerprint density at radius 2 is 0.875 bits per heavy atom. The van der Waals surface area contributed by atoms with E-state index in [2.05, 4.69) is 153 Å². The van der Waals surface area contributed by atoms with Crippen LogP contribution in [0.3, 0.4) is 0 Å². The summed E-state index contributed by atoms with van der Waals surface area (Å²) in [7, 11) is 0. The minimum absolute atomic E-state index is 0. The fraction of sp³-hybridized carbons (Fsp3) is 0.222. The summed E-state index contributed by atoms with van der Waals surface area (Å²) >= 11 is 2.34. The first-order valence-electron chi connectivity index (χ1n) is 13.2. The van der Waals surface area contributed by atoms with Crippen LogP contribution in [-0.2, 0) is 25.9 Å². The van der Waals surface area contributed by atoms with Gasteiger partial charge in [-0.2, -0.15) is 0 Å².